The lowest BCUT2D eigenvalue weighted by atomic mass is 9.99. The van der Waals surface area contributed by atoms with E-state index < -0.39 is 0 Å². The van der Waals surface area contributed by atoms with E-state index in [0.717, 1.165) is 36.8 Å². The van der Waals surface area contributed by atoms with Crippen molar-refractivity contribution in [2.24, 2.45) is 0 Å². The van der Waals surface area contributed by atoms with Crippen molar-refractivity contribution in [1.82, 2.24) is 15.3 Å². The average Bonchev–Trinajstić information content (AvgIpc) is 2.91. The second-order valence-corrected chi connectivity index (χ2v) is 5.42. The molecule has 4 rings (SSSR count). The molecular weight excluding hydrogens is 250 g/mol. The summed E-state index contributed by atoms with van der Waals surface area (Å²) < 4.78 is 5.76. The van der Waals surface area contributed by atoms with Crippen molar-refractivity contribution in [3.8, 4) is 5.75 Å². The summed E-state index contributed by atoms with van der Waals surface area (Å²) in [6, 6.07) is 8.19. The minimum Gasteiger partial charge on any atom is -0.492 e. The number of para-hydroxylation sites is 1. The van der Waals surface area contributed by atoms with Crippen LogP contribution in [0, 0.1) is 6.92 Å². The molecule has 0 fully saturated rings. The summed E-state index contributed by atoms with van der Waals surface area (Å²) in [5.74, 6) is 2.05. The SMILES string of the molecule is Cc1nc(C2COc3ccccc32)nc2c1CNCC2. The Balaban J connectivity index is 1.79. The van der Waals surface area contributed by atoms with Crippen molar-refractivity contribution in [1.29, 1.82) is 0 Å². The molecule has 1 unspecified atom stereocenters. The molecule has 0 saturated heterocycles. The van der Waals surface area contributed by atoms with Crippen LogP contribution in [0.3, 0.4) is 0 Å². The summed E-state index contributed by atoms with van der Waals surface area (Å²) in [6.45, 7) is 4.62. The van der Waals surface area contributed by atoms with E-state index in [9.17, 15) is 0 Å². The Kier molecular flexibility index (Phi) is 2.70. The van der Waals surface area contributed by atoms with Crippen molar-refractivity contribution >= 4 is 0 Å². The zero-order valence-electron chi connectivity index (χ0n) is 11.5. The average molecular weight is 267 g/mol. The highest BCUT2D eigenvalue weighted by Crippen LogP contribution is 2.36. The highest BCUT2D eigenvalue weighted by Gasteiger charge is 2.29. The van der Waals surface area contributed by atoms with Gasteiger partial charge >= 0.3 is 0 Å². The molecule has 1 aromatic carbocycles. The molecule has 1 atom stereocenters. The first-order chi connectivity index (χ1) is 9.83. The minimum atomic E-state index is 0.171. The van der Waals surface area contributed by atoms with Crippen LogP contribution >= 0.6 is 0 Å². The molecule has 0 bridgehead atoms. The number of hydrogen-bond donors (Lipinski definition) is 1. The summed E-state index contributed by atoms with van der Waals surface area (Å²) in [7, 11) is 0. The van der Waals surface area contributed by atoms with Crippen LogP contribution in [0.2, 0.25) is 0 Å². The van der Waals surface area contributed by atoms with E-state index in [1.807, 2.05) is 12.1 Å². The van der Waals surface area contributed by atoms with Gasteiger partial charge in [0.15, 0.2) is 0 Å². The molecular formula is C16H17N3O. The van der Waals surface area contributed by atoms with E-state index in [4.69, 9.17) is 14.7 Å². The second-order valence-electron chi connectivity index (χ2n) is 5.42. The Bertz CT molecular complexity index is 669. The van der Waals surface area contributed by atoms with E-state index >= 15 is 0 Å². The smallest absolute Gasteiger partial charge is 0.139 e. The number of nitrogens with one attached hydrogen (secondary N) is 1. The molecule has 4 nitrogen and oxygen atoms in total. The van der Waals surface area contributed by atoms with Gasteiger partial charge in [0.1, 0.15) is 18.2 Å². The van der Waals surface area contributed by atoms with Crippen LogP contribution in [0.4, 0.5) is 0 Å². The maximum Gasteiger partial charge on any atom is 0.139 e. The van der Waals surface area contributed by atoms with Gasteiger partial charge in [0.25, 0.3) is 0 Å². The summed E-state index contributed by atoms with van der Waals surface area (Å²) >= 11 is 0. The van der Waals surface area contributed by atoms with Crippen molar-refractivity contribution in [2.75, 3.05) is 13.2 Å². The normalized spacial score (nSPS) is 20.1. The van der Waals surface area contributed by atoms with Gasteiger partial charge in [-0.15, -0.1) is 0 Å². The molecule has 20 heavy (non-hydrogen) atoms. The Hall–Kier alpha value is -1.94. The van der Waals surface area contributed by atoms with Crippen molar-refractivity contribution in [3.05, 3.63) is 52.6 Å². The van der Waals surface area contributed by atoms with E-state index in [-0.39, 0.29) is 5.92 Å². The second kappa shape index (κ2) is 4.56. The zero-order chi connectivity index (χ0) is 13.5. The van der Waals surface area contributed by atoms with Gasteiger partial charge < -0.3 is 10.1 Å². The summed E-state index contributed by atoms with van der Waals surface area (Å²) in [5.41, 5.74) is 4.78. The standard InChI is InChI=1S/C16H17N3O/c1-10-12-8-17-7-6-14(12)19-16(18-10)13-9-20-15-5-3-2-4-11(13)15/h2-5,13,17H,6-9H2,1H3. The quantitative estimate of drug-likeness (QED) is 0.858. The highest BCUT2D eigenvalue weighted by atomic mass is 16.5. The van der Waals surface area contributed by atoms with E-state index in [2.05, 4.69) is 24.4 Å². The number of nitrogens with zero attached hydrogens (tertiary/aromatic N) is 2. The molecule has 4 heteroatoms. The third-order valence-electron chi connectivity index (χ3n) is 4.17. The Morgan fingerprint density at radius 2 is 2.15 bits per heavy atom. The first-order valence-corrected chi connectivity index (χ1v) is 7.11. The predicted octanol–water partition coefficient (Wildman–Crippen LogP) is 1.96. The Morgan fingerprint density at radius 3 is 3.10 bits per heavy atom. The van der Waals surface area contributed by atoms with Gasteiger partial charge in [-0.2, -0.15) is 0 Å². The van der Waals surface area contributed by atoms with Crippen LogP contribution in [0.15, 0.2) is 24.3 Å². The molecule has 0 saturated carbocycles. The molecule has 2 aliphatic heterocycles. The Labute approximate surface area is 118 Å². The summed E-state index contributed by atoms with van der Waals surface area (Å²) in [4.78, 5) is 9.56. The largest absolute Gasteiger partial charge is 0.492 e. The molecule has 2 aromatic rings. The fourth-order valence-electron chi connectivity index (χ4n) is 3.07. The van der Waals surface area contributed by atoms with Gasteiger partial charge in [0.05, 0.1) is 11.6 Å². The molecule has 1 aromatic heterocycles. The molecule has 2 aliphatic rings. The van der Waals surface area contributed by atoms with E-state index in [1.165, 1.54) is 16.8 Å². The highest BCUT2D eigenvalue weighted by molar-refractivity contribution is 5.43. The van der Waals surface area contributed by atoms with E-state index in [1.54, 1.807) is 0 Å². The summed E-state index contributed by atoms with van der Waals surface area (Å²) in [6.07, 6.45) is 0.987. The van der Waals surface area contributed by atoms with Crippen LogP contribution in [-0.4, -0.2) is 23.1 Å². The van der Waals surface area contributed by atoms with Gasteiger partial charge in [-0.1, -0.05) is 18.2 Å². The fourth-order valence-corrected chi connectivity index (χ4v) is 3.07. The monoisotopic (exact) mass is 267 g/mol. The maximum atomic E-state index is 5.76. The predicted molar refractivity (Wildman–Crippen MR) is 76.0 cm³/mol. The topological polar surface area (TPSA) is 47.0 Å². The number of aromatic nitrogens is 2. The first-order valence-electron chi connectivity index (χ1n) is 7.11. The van der Waals surface area contributed by atoms with Gasteiger partial charge in [0.2, 0.25) is 0 Å². The van der Waals surface area contributed by atoms with Crippen LogP contribution in [-0.2, 0) is 13.0 Å². The maximum absolute atomic E-state index is 5.76. The zero-order valence-corrected chi connectivity index (χ0v) is 11.5. The van der Waals surface area contributed by atoms with Crippen molar-refractivity contribution in [2.45, 2.75) is 25.8 Å². The number of fused-ring (bicyclic) bond motifs is 2. The summed E-state index contributed by atoms with van der Waals surface area (Å²) in [5, 5.41) is 3.38. The fraction of sp³-hybridized carbons (Fsp3) is 0.375. The lowest BCUT2D eigenvalue weighted by Crippen LogP contribution is -2.27. The third-order valence-corrected chi connectivity index (χ3v) is 4.17. The van der Waals surface area contributed by atoms with Gasteiger partial charge in [0, 0.05) is 36.3 Å². The minimum absolute atomic E-state index is 0.171. The van der Waals surface area contributed by atoms with E-state index in [0.29, 0.717) is 6.61 Å². The number of hydrogen-bond acceptors (Lipinski definition) is 4. The molecule has 102 valence electrons. The van der Waals surface area contributed by atoms with Crippen LogP contribution < -0.4 is 10.1 Å². The van der Waals surface area contributed by atoms with Crippen LogP contribution in [0.5, 0.6) is 5.75 Å². The van der Waals surface area contributed by atoms with Gasteiger partial charge in [-0.05, 0) is 13.0 Å². The molecule has 0 aliphatic carbocycles. The number of rotatable bonds is 1. The Morgan fingerprint density at radius 1 is 1.25 bits per heavy atom. The molecule has 0 radical (unpaired) electrons. The molecule has 0 spiro atoms. The molecule has 0 amide bonds. The lowest BCUT2D eigenvalue weighted by Gasteiger charge is -2.20. The van der Waals surface area contributed by atoms with Crippen molar-refractivity contribution < 1.29 is 4.74 Å². The molecule has 3 heterocycles. The number of aryl methyl sites for hydroxylation is 1. The van der Waals surface area contributed by atoms with Gasteiger partial charge in [-0.3, -0.25) is 0 Å². The third kappa shape index (κ3) is 1.79. The number of benzene rings is 1. The van der Waals surface area contributed by atoms with Crippen molar-refractivity contribution in [3.63, 3.8) is 0 Å². The van der Waals surface area contributed by atoms with Crippen LogP contribution in [0.25, 0.3) is 0 Å². The van der Waals surface area contributed by atoms with Crippen LogP contribution in [0.1, 0.15) is 34.3 Å². The first kappa shape index (κ1) is 11.9. The van der Waals surface area contributed by atoms with Gasteiger partial charge in [-0.25, -0.2) is 9.97 Å². The molecule has 1 N–H and O–H groups in total. The lowest BCUT2D eigenvalue weighted by molar-refractivity contribution is 0.339. The number of ether oxygens (including phenoxy) is 1.